The van der Waals surface area contributed by atoms with Gasteiger partial charge in [0.1, 0.15) is 0 Å². The van der Waals surface area contributed by atoms with Gasteiger partial charge >= 0.3 is 0 Å². The Kier molecular flexibility index (Phi) is 6.13. The maximum atomic E-state index is 6.62. The van der Waals surface area contributed by atoms with Gasteiger partial charge in [-0.1, -0.05) is 46.9 Å². The molecule has 1 aliphatic rings. The first kappa shape index (κ1) is 17.3. The molecule has 0 amide bonds. The third-order valence-electron chi connectivity index (χ3n) is 5.05. The van der Waals surface area contributed by atoms with Gasteiger partial charge < -0.3 is 5.73 Å². The van der Waals surface area contributed by atoms with Crippen LogP contribution in [-0.4, -0.2) is 29.6 Å². The number of hydrogen-bond donors (Lipinski definition) is 1. The van der Waals surface area contributed by atoms with Gasteiger partial charge in [-0.3, -0.25) is 4.90 Å². The van der Waals surface area contributed by atoms with E-state index in [4.69, 9.17) is 17.3 Å². The SMILES string of the molecule is CCC(C)(C(N)Cc1ccc(Br)cc1Cl)N1CCCCC1. The Morgan fingerprint density at radius 1 is 1.33 bits per heavy atom. The number of nitrogens with zero attached hydrogens (tertiary/aromatic N) is 1. The van der Waals surface area contributed by atoms with E-state index in [1.807, 2.05) is 12.1 Å². The Morgan fingerprint density at radius 3 is 2.57 bits per heavy atom. The summed E-state index contributed by atoms with van der Waals surface area (Å²) in [4.78, 5) is 2.59. The predicted molar refractivity (Wildman–Crippen MR) is 95.0 cm³/mol. The van der Waals surface area contributed by atoms with Crippen LogP contribution in [0.3, 0.4) is 0 Å². The lowest BCUT2D eigenvalue weighted by Gasteiger charge is -2.47. The van der Waals surface area contributed by atoms with Crippen molar-refractivity contribution in [2.24, 2.45) is 5.73 Å². The molecule has 1 fully saturated rings. The average Bonchev–Trinajstić information content (AvgIpc) is 2.50. The van der Waals surface area contributed by atoms with Crippen LogP contribution in [0.2, 0.25) is 5.02 Å². The Balaban J connectivity index is 2.13. The third kappa shape index (κ3) is 4.01. The summed E-state index contributed by atoms with van der Waals surface area (Å²) < 4.78 is 1.01. The van der Waals surface area contributed by atoms with E-state index < -0.39 is 0 Å². The standard InChI is InChI=1S/C17H26BrClN2/c1-3-17(2,21-9-5-4-6-10-21)16(20)11-13-7-8-14(18)12-15(13)19/h7-8,12,16H,3-6,9-11,20H2,1-2H3. The molecule has 0 saturated carbocycles. The molecule has 2 N–H and O–H groups in total. The number of nitrogens with two attached hydrogens (primary N) is 1. The first-order valence-electron chi connectivity index (χ1n) is 7.92. The molecule has 1 aromatic carbocycles. The van der Waals surface area contributed by atoms with Gasteiger partial charge in [-0.05, 0) is 63.4 Å². The first-order chi connectivity index (χ1) is 9.97. The molecule has 0 aliphatic carbocycles. The van der Waals surface area contributed by atoms with Gasteiger partial charge in [-0.2, -0.15) is 0 Å². The normalized spacial score (nSPS) is 21.0. The largest absolute Gasteiger partial charge is 0.326 e. The number of rotatable bonds is 5. The van der Waals surface area contributed by atoms with Gasteiger partial charge in [0.15, 0.2) is 0 Å². The maximum Gasteiger partial charge on any atom is 0.0449 e. The van der Waals surface area contributed by atoms with Crippen molar-refractivity contribution in [3.05, 3.63) is 33.3 Å². The summed E-state index contributed by atoms with van der Waals surface area (Å²) in [6, 6.07) is 6.17. The minimum atomic E-state index is 0.0524. The summed E-state index contributed by atoms with van der Waals surface area (Å²) in [5.74, 6) is 0. The molecule has 21 heavy (non-hydrogen) atoms. The van der Waals surface area contributed by atoms with E-state index in [0.717, 1.165) is 27.9 Å². The molecule has 0 aromatic heterocycles. The van der Waals surface area contributed by atoms with E-state index in [9.17, 15) is 0 Å². The molecule has 0 bridgehead atoms. The molecule has 1 aliphatic heterocycles. The summed E-state index contributed by atoms with van der Waals surface area (Å²) >= 11 is 9.81. The van der Waals surface area contributed by atoms with Crippen molar-refractivity contribution in [2.75, 3.05) is 13.1 Å². The fourth-order valence-electron chi connectivity index (χ4n) is 3.27. The van der Waals surface area contributed by atoms with Crippen LogP contribution in [0.4, 0.5) is 0 Å². The average molecular weight is 374 g/mol. The van der Waals surface area contributed by atoms with Crippen LogP contribution in [0.5, 0.6) is 0 Å². The van der Waals surface area contributed by atoms with Crippen LogP contribution in [0.15, 0.2) is 22.7 Å². The highest BCUT2D eigenvalue weighted by Gasteiger charge is 2.36. The zero-order valence-corrected chi connectivity index (χ0v) is 15.4. The molecule has 0 spiro atoms. The lowest BCUT2D eigenvalue weighted by molar-refractivity contribution is 0.0546. The van der Waals surface area contributed by atoms with Crippen molar-refractivity contribution in [1.82, 2.24) is 4.90 Å². The van der Waals surface area contributed by atoms with Gasteiger partial charge in [0.05, 0.1) is 0 Å². The number of hydrogen-bond acceptors (Lipinski definition) is 2. The first-order valence-corrected chi connectivity index (χ1v) is 9.09. The Hall–Kier alpha value is -0.0900. The number of benzene rings is 1. The van der Waals surface area contributed by atoms with Crippen LogP contribution >= 0.6 is 27.5 Å². The monoisotopic (exact) mass is 372 g/mol. The number of likely N-dealkylation sites (tertiary alicyclic amines) is 1. The molecule has 4 heteroatoms. The van der Waals surface area contributed by atoms with Crippen molar-refractivity contribution in [3.63, 3.8) is 0 Å². The molecule has 2 nitrogen and oxygen atoms in total. The zero-order chi connectivity index (χ0) is 15.5. The van der Waals surface area contributed by atoms with E-state index >= 15 is 0 Å². The van der Waals surface area contributed by atoms with Crippen molar-refractivity contribution in [2.45, 2.75) is 57.5 Å². The Morgan fingerprint density at radius 2 is 2.00 bits per heavy atom. The quantitative estimate of drug-likeness (QED) is 0.815. The van der Waals surface area contributed by atoms with Gasteiger partial charge in [0, 0.05) is 21.1 Å². The molecule has 1 heterocycles. The lowest BCUT2D eigenvalue weighted by atomic mass is 9.83. The van der Waals surface area contributed by atoms with Crippen molar-refractivity contribution in [3.8, 4) is 0 Å². The van der Waals surface area contributed by atoms with Crippen molar-refractivity contribution < 1.29 is 0 Å². The Bertz CT molecular complexity index is 474. The summed E-state index contributed by atoms with van der Waals surface area (Å²) in [7, 11) is 0. The summed E-state index contributed by atoms with van der Waals surface area (Å²) in [6.07, 6.45) is 5.84. The van der Waals surface area contributed by atoms with Crippen molar-refractivity contribution in [1.29, 1.82) is 0 Å². The Labute approximate surface area is 142 Å². The van der Waals surface area contributed by atoms with E-state index in [0.29, 0.717) is 0 Å². The van der Waals surface area contributed by atoms with Crippen LogP contribution in [0.25, 0.3) is 0 Å². The molecule has 2 unspecified atom stereocenters. The fourth-order valence-corrected chi connectivity index (χ4v) is 4.02. The van der Waals surface area contributed by atoms with Gasteiger partial charge in [0.2, 0.25) is 0 Å². The molecule has 118 valence electrons. The molecule has 1 saturated heterocycles. The molecular weight excluding hydrogens is 348 g/mol. The van der Waals surface area contributed by atoms with Gasteiger partial charge in [-0.15, -0.1) is 0 Å². The highest BCUT2D eigenvalue weighted by Crippen LogP contribution is 2.30. The number of piperidine rings is 1. The maximum absolute atomic E-state index is 6.62. The summed E-state index contributed by atoms with van der Waals surface area (Å²) in [5.41, 5.74) is 7.82. The third-order valence-corrected chi connectivity index (χ3v) is 5.89. The summed E-state index contributed by atoms with van der Waals surface area (Å²) in [5, 5.41) is 0.803. The van der Waals surface area contributed by atoms with Crippen LogP contribution in [-0.2, 0) is 6.42 Å². The molecular formula is C17H26BrClN2. The predicted octanol–water partition coefficient (Wildman–Crippen LogP) is 4.63. The van der Waals surface area contributed by atoms with E-state index in [1.165, 1.54) is 32.4 Å². The minimum Gasteiger partial charge on any atom is -0.326 e. The molecule has 0 radical (unpaired) electrons. The minimum absolute atomic E-state index is 0.0524. The summed E-state index contributed by atoms with van der Waals surface area (Å²) in [6.45, 7) is 6.91. The van der Waals surface area contributed by atoms with Gasteiger partial charge in [0.25, 0.3) is 0 Å². The van der Waals surface area contributed by atoms with Gasteiger partial charge in [-0.25, -0.2) is 0 Å². The second kappa shape index (κ2) is 7.45. The molecule has 2 rings (SSSR count). The van der Waals surface area contributed by atoms with E-state index in [1.54, 1.807) is 0 Å². The zero-order valence-electron chi connectivity index (χ0n) is 13.0. The smallest absolute Gasteiger partial charge is 0.0449 e. The fraction of sp³-hybridized carbons (Fsp3) is 0.647. The molecule has 1 aromatic rings. The second-order valence-corrected chi connectivity index (χ2v) is 7.63. The lowest BCUT2D eigenvalue weighted by Crippen LogP contribution is -2.59. The van der Waals surface area contributed by atoms with E-state index in [-0.39, 0.29) is 11.6 Å². The highest BCUT2D eigenvalue weighted by atomic mass is 79.9. The van der Waals surface area contributed by atoms with Crippen LogP contribution in [0.1, 0.15) is 45.1 Å². The van der Waals surface area contributed by atoms with E-state index in [2.05, 4.69) is 40.7 Å². The second-order valence-electron chi connectivity index (χ2n) is 6.30. The van der Waals surface area contributed by atoms with Crippen LogP contribution < -0.4 is 5.73 Å². The highest BCUT2D eigenvalue weighted by molar-refractivity contribution is 9.10. The number of halogens is 2. The topological polar surface area (TPSA) is 29.3 Å². The van der Waals surface area contributed by atoms with Crippen molar-refractivity contribution >= 4 is 27.5 Å². The van der Waals surface area contributed by atoms with Crippen LogP contribution in [0, 0.1) is 0 Å². The molecule has 2 atom stereocenters.